The van der Waals surface area contributed by atoms with Gasteiger partial charge in [0.2, 0.25) is 5.60 Å². The minimum Gasteiger partial charge on any atom is -0.394 e. The molecule has 0 spiro atoms. The Labute approximate surface area is 240 Å². The van der Waals surface area contributed by atoms with Gasteiger partial charge < -0.3 is 65.3 Å². The van der Waals surface area contributed by atoms with Gasteiger partial charge in [0.15, 0.2) is 12.1 Å². The Morgan fingerprint density at radius 2 is 1.88 bits per heavy atom. The van der Waals surface area contributed by atoms with Gasteiger partial charge in [0.05, 0.1) is 18.9 Å². The van der Waals surface area contributed by atoms with Gasteiger partial charge >= 0.3 is 14.5 Å². The summed E-state index contributed by atoms with van der Waals surface area (Å²) in [5.41, 5.74) is 3.78. The van der Waals surface area contributed by atoms with E-state index in [1.807, 2.05) is 0 Å². The monoisotopic (exact) mass is 659 g/mol. The molecule has 2 aromatic rings. The van der Waals surface area contributed by atoms with Crippen molar-refractivity contribution in [1.29, 1.82) is 5.26 Å². The van der Waals surface area contributed by atoms with E-state index >= 15 is 0 Å². The summed E-state index contributed by atoms with van der Waals surface area (Å²) in [7, 11) is -5.51. The molecule has 12 atom stereocenters. The summed E-state index contributed by atoms with van der Waals surface area (Å²) in [6.45, 7) is -6.62. The number of hydrogen-bond donors (Lipinski definition) is 10. The second-order valence-corrected chi connectivity index (χ2v) is 13.6. The summed E-state index contributed by atoms with van der Waals surface area (Å²) in [6.07, 6.45) is -16.2. The fraction of sp³-hybridized carbons (Fsp3) is 0.632. The van der Waals surface area contributed by atoms with Crippen molar-refractivity contribution in [2.75, 3.05) is 18.9 Å². The lowest BCUT2D eigenvalue weighted by Crippen LogP contribution is -2.61. The van der Waals surface area contributed by atoms with E-state index < -0.39 is 88.5 Å². The second kappa shape index (κ2) is 12.3. The van der Waals surface area contributed by atoms with Crippen LogP contribution in [0.5, 0.6) is 0 Å². The molecule has 7 unspecified atom stereocenters. The number of fused-ring (bicyclic) bond motifs is 1. The van der Waals surface area contributed by atoms with Gasteiger partial charge in [-0.3, -0.25) is 4.52 Å². The number of aliphatic hydroxyl groups excluding tert-OH is 7. The van der Waals surface area contributed by atoms with Crippen molar-refractivity contribution in [2.45, 2.75) is 60.7 Å². The zero-order valence-corrected chi connectivity index (χ0v) is 23.6. The van der Waals surface area contributed by atoms with E-state index in [0.29, 0.717) is 0 Å². The fourth-order valence-corrected chi connectivity index (χ4v) is 7.50. The maximum atomic E-state index is 12.5. The van der Waals surface area contributed by atoms with E-state index in [-0.39, 0.29) is 17.0 Å². The van der Waals surface area contributed by atoms with Crippen LogP contribution in [0.25, 0.3) is 5.52 Å². The number of nitrogens with zero attached hydrogens (tertiary/aromatic N) is 4. The number of aliphatic hydroxyl groups is 7. The van der Waals surface area contributed by atoms with Crippen LogP contribution in [0.2, 0.25) is 0 Å². The van der Waals surface area contributed by atoms with Crippen LogP contribution in [0.1, 0.15) is 5.69 Å². The molecular formula is C19H27N5O15P2S. The largest absolute Gasteiger partial charge is 0.481 e. The van der Waals surface area contributed by atoms with Gasteiger partial charge in [-0.05, 0) is 23.9 Å². The molecule has 2 saturated heterocycles. The van der Waals surface area contributed by atoms with E-state index in [2.05, 4.69) is 18.9 Å². The molecule has 0 saturated carbocycles. The van der Waals surface area contributed by atoms with Crippen LogP contribution in [0.3, 0.4) is 0 Å². The Bertz CT molecular complexity index is 1430. The molecule has 11 N–H and O–H groups in total. The van der Waals surface area contributed by atoms with Crippen LogP contribution in [0, 0.1) is 11.3 Å². The number of nitrogens with two attached hydrogens (primary N) is 1. The molecule has 2 aromatic heterocycles. The summed E-state index contributed by atoms with van der Waals surface area (Å²) in [5, 5.41) is 84.0. The number of ether oxygens (including phenoxy) is 2. The fourth-order valence-electron chi connectivity index (χ4n) is 4.41. The minimum atomic E-state index is -5.51. The first kappa shape index (κ1) is 33.1. The standard InChI is InChI=1S/C19H27N5O15P2S/c20-5-19(10-2-1-7-17(21)22-6-23-24(7)10)16(31)11(27)9(37-19)4-35-41(34,42)39-40(32,33)38-18-14(30)12(28)13(29)15(36-18)8(26)3-25/h1-2,6,8-9,11-16,18,25-31H,3-4H2,(H,32,33)(H,34,42)(H2,21,22,23)/t8-,9+,11+,12?,13?,14?,15?,16+,18?,19-,41?/m0/s1. The smallest absolute Gasteiger partial charge is 0.394 e. The Balaban J connectivity index is 1.44. The van der Waals surface area contributed by atoms with Crippen LogP contribution in [0.15, 0.2) is 18.5 Å². The molecule has 234 valence electrons. The average Bonchev–Trinajstić information content (AvgIpc) is 3.47. The summed E-state index contributed by atoms with van der Waals surface area (Å²) in [5.74, 6) is 0.0444. The van der Waals surface area contributed by atoms with Gasteiger partial charge in [0.25, 0.3) is 0 Å². The third-order valence-electron chi connectivity index (χ3n) is 6.50. The van der Waals surface area contributed by atoms with Gasteiger partial charge in [-0.1, -0.05) is 0 Å². The number of nitriles is 1. The van der Waals surface area contributed by atoms with Crippen molar-refractivity contribution in [3.05, 3.63) is 24.2 Å². The first-order valence-electron chi connectivity index (χ1n) is 11.8. The van der Waals surface area contributed by atoms with Crippen LogP contribution in [0.4, 0.5) is 5.82 Å². The van der Waals surface area contributed by atoms with Crippen LogP contribution >= 0.6 is 14.5 Å². The van der Waals surface area contributed by atoms with Crippen LogP contribution in [-0.2, 0) is 44.8 Å². The molecule has 0 bridgehead atoms. The highest BCUT2D eigenvalue weighted by Crippen LogP contribution is 2.62. The normalized spacial score (nSPS) is 37.1. The predicted molar refractivity (Wildman–Crippen MR) is 136 cm³/mol. The van der Waals surface area contributed by atoms with E-state index in [1.54, 1.807) is 6.07 Å². The van der Waals surface area contributed by atoms with Gasteiger partial charge in [-0.2, -0.15) is 10.4 Å². The molecule has 42 heavy (non-hydrogen) atoms. The quantitative estimate of drug-likeness (QED) is 0.108. The van der Waals surface area contributed by atoms with E-state index in [9.17, 15) is 50.3 Å². The highest BCUT2D eigenvalue weighted by atomic mass is 32.5. The van der Waals surface area contributed by atoms with Crippen LogP contribution < -0.4 is 5.73 Å². The molecular weight excluding hydrogens is 632 g/mol. The maximum absolute atomic E-state index is 12.5. The highest BCUT2D eigenvalue weighted by Gasteiger charge is 2.58. The molecule has 2 aliphatic rings. The molecule has 0 aliphatic carbocycles. The Kier molecular flexibility index (Phi) is 9.72. The van der Waals surface area contributed by atoms with Gasteiger partial charge in [0, 0.05) is 0 Å². The molecule has 0 aromatic carbocycles. The van der Waals surface area contributed by atoms with E-state index in [0.717, 1.165) is 10.8 Å². The molecule has 4 rings (SSSR count). The zero-order chi connectivity index (χ0) is 31.2. The van der Waals surface area contributed by atoms with Gasteiger partial charge in [-0.25, -0.2) is 18.4 Å². The van der Waals surface area contributed by atoms with Crippen molar-refractivity contribution < 1.29 is 72.9 Å². The highest BCUT2D eigenvalue weighted by molar-refractivity contribution is 8.08. The number of nitrogen functional groups attached to an aromatic ring is 1. The molecule has 4 heterocycles. The van der Waals surface area contributed by atoms with Crippen molar-refractivity contribution in [1.82, 2.24) is 14.6 Å². The second-order valence-electron chi connectivity index (χ2n) is 9.21. The Hall–Kier alpha value is -1.77. The first-order valence-corrected chi connectivity index (χ1v) is 15.9. The number of anilines is 1. The lowest BCUT2D eigenvalue weighted by atomic mass is 9.92. The molecule has 0 radical (unpaired) electrons. The average molecular weight is 659 g/mol. The number of rotatable bonds is 10. The van der Waals surface area contributed by atoms with Crippen molar-refractivity contribution >= 4 is 37.7 Å². The Morgan fingerprint density at radius 3 is 2.52 bits per heavy atom. The molecule has 20 nitrogen and oxygen atoms in total. The zero-order valence-electron chi connectivity index (χ0n) is 21.0. The molecule has 2 fully saturated rings. The van der Waals surface area contributed by atoms with Crippen molar-refractivity contribution in [3.63, 3.8) is 0 Å². The number of phosphoric acid groups is 1. The summed E-state index contributed by atoms with van der Waals surface area (Å²) in [4.78, 5) is 24.3. The van der Waals surface area contributed by atoms with Crippen molar-refractivity contribution in [2.24, 2.45) is 0 Å². The third kappa shape index (κ3) is 6.23. The number of aromatic nitrogens is 3. The van der Waals surface area contributed by atoms with Gasteiger partial charge in [-0.15, -0.1) is 0 Å². The van der Waals surface area contributed by atoms with Crippen molar-refractivity contribution in [3.8, 4) is 6.07 Å². The summed E-state index contributed by atoms with van der Waals surface area (Å²) >= 11 is 4.70. The van der Waals surface area contributed by atoms with Crippen LogP contribution in [-0.4, -0.2) is 128 Å². The Morgan fingerprint density at radius 1 is 1.19 bits per heavy atom. The minimum absolute atomic E-state index is 0.0425. The molecule has 23 heteroatoms. The summed E-state index contributed by atoms with van der Waals surface area (Å²) in [6, 6.07) is 4.57. The lowest BCUT2D eigenvalue weighted by molar-refractivity contribution is -0.292. The van der Waals surface area contributed by atoms with Gasteiger partial charge in [0.1, 0.15) is 66.7 Å². The van der Waals surface area contributed by atoms with E-state index in [1.165, 1.54) is 12.1 Å². The van der Waals surface area contributed by atoms with E-state index in [4.69, 9.17) is 36.6 Å². The number of hydrogen-bond acceptors (Lipinski definition) is 18. The summed E-state index contributed by atoms with van der Waals surface area (Å²) < 4.78 is 38.4. The number of phosphoric ester groups is 1. The molecule has 2 aliphatic heterocycles. The molecule has 0 amide bonds. The lowest BCUT2D eigenvalue weighted by Gasteiger charge is -2.41. The predicted octanol–water partition coefficient (Wildman–Crippen LogP) is -4.32. The first-order chi connectivity index (χ1) is 19.6. The topological polar surface area (TPSA) is 325 Å². The SMILES string of the molecule is N#C[C@@]1(c2ccc3c(N)ncnn23)O[C@H](COP(O)(=S)OP(=O)(O)OC2OC([C@@H](O)CO)C(O)C(O)C2O)[C@@H](O)[C@H]1O. The maximum Gasteiger partial charge on any atom is 0.481 e. The third-order valence-corrected chi connectivity index (χ3v) is 10.0.